The van der Waals surface area contributed by atoms with E-state index in [4.69, 9.17) is 10.7 Å². The van der Waals surface area contributed by atoms with E-state index in [0.29, 0.717) is 18.7 Å². The molecule has 2 aromatic heterocycles. The summed E-state index contributed by atoms with van der Waals surface area (Å²) >= 11 is 0. The van der Waals surface area contributed by atoms with Gasteiger partial charge in [0.1, 0.15) is 0 Å². The number of alkyl halides is 2. The average molecular weight is 704 g/mol. The smallest absolute Gasteiger partial charge is 0.248 e. The quantitative estimate of drug-likeness (QED) is 0.145. The van der Waals surface area contributed by atoms with Gasteiger partial charge in [-0.05, 0) is 87.4 Å². The van der Waals surface area contributed by atoms with Crippen molar-refractivity contribution in [2.45, 2.75) is 94.5 Å². The maximum Gasteiger partial charge on any atom is 0.248 e. The molecule has 0 spiro atoms. The lowest BCUT2D eigenvalue weighted by atomic mass is 9.85. The van der Waals surface area contributed by atoms with Gasteiger partial charge in [0.15, 0.2) is 5.72 Å². The summed E-state index contributed by atoms with van der Waals surface area (Å²) in [6, 6.07) is 18.1. The van der Waals surface area contributed by atoms with Crippen molar-refractivity contribution in [1.82, 2.24) is 30.0 Å². The third-order valence-corrected chi connectivity index (χ3v) is 11.2. The monoisotopic (exact) mass is 703 g/mol. The molecule has 0 bridgehead atoms. The molecule has 276 valence electrons. The molecular formula is C40H55F2N7O2. The van der Waals surface area contributed by atoms with Gasteiger partial charge in [0, 0.05) is 94.6 Å². The second-order valence-corrected chi connectivity index (χ2v) is 14.8. The van der Waals surface area contributed by atoms with Crippen molar-refractivity contribution >= 4 is 5.91 Å². The van der Waals surface area contributed by atoms with Crippen LogP contribution in [0.2, 0.25) is 0 Å². The van der Waals surface area contributed by atoms with Crippen molar-refractivity contribution < 1.29 is 18.7 Å². The average Bonchev–Trinajstić information content (AvgIpc) is 3.15. The largest absolute Gasteiger partial charge is 0.367 e. The topological polar surface area (TPSA) is 111 Å². The lowest BCUT2D eigenvalue weighted by Crippen LogP contribution is -2.58. The molecule has 3 heterocycles. The highest BCUT2D eigenvalue weighted by Gasteiger charge is 2.41. The van der Waals surface area contributed by atoms with Gasteiger partial charge < -0.3 is 21.1 Å². The first-order valence-corrected chi connectivity index (χ1v) is 18.9. The van der Waals surface area contributed by atoms with Crippen LogP contribution in [-0.4, -0.2) is 93.5 Å². The fourth-order valence-electron chi connectivity index (χ4n) is 8.23. The highest BCUT2D eigenvalue weighted by molar-refractivity contribution is 5.79. The Labute approximate surface area is 301 Å². The van der Waals surface area contributed by atoms with Gasteiger partial charge >= 0.3 is 0 Å². The molecule has 51 heavy (non-hydrogen) atoms. The number of hydrogen-bond donors (Lipinski definition) is 3. The first-order valence-electron chi connectivity index (χ1n) is 18.9. The van der Waals surface area contributed by atoms with Gasteiger partial charge in [-0.3, -0.25) is 24.6 Å². The molecule has 9 nitrogen and oxygen atoms in total. The Morgan fingerprint density at radius 3 is 2.57 bits per heavy atom. The standard InChI is InChI=1S/C40H55F2N7O2/c41-39(42)17-13-33(14-18-39)38(50)46-40(51,34-10-2-1-3-11-34)19-25-47-26-27-48(28-31-15-22-44-23-16-31)35(29-47)30-49(24-5-4-20-43)36-12-6-8-32-9-7-21-45-37(32)36/h1-3,7,9-11,15-16,21-23,33,35-36,51H,4-6,8,12-14,17-20,24-30,43H2,(H,46,50)/t35-,36+,40+/m1/s1. The van der Waals surface area contributed by atoms with Crippen LogP contribution < -0.4 is 11.1 Å². The van der Waals surface area contributed by atoms with Crippen LogP contribution in [0.4, 0.5) is 8.78 Å². The minimum absolute atomic E-state index is 0.119. The number of nitrogens with zero attached hydrogens (tertiary/aromatic N) is 5. The molecule has 2 aliphatic carbocycles. The lowest BCUT2D eigenvalue weighted by molar-refractivity contribution is -0.138. The van der Waals surface area contributed by atoms with Crippen molar-refractivity contribution in [3.63, 3.8) is 0 Å². The van der Waals surface area contributed by atoms with E-state index in [1.165, 1.54) is 16.8 Å². The number of carbonyl (C=O) groups excluding carboxylic acids is 1. The summed E-state index contributed by atoms with van der Waals surface area (Å²) in [5.74, 6) is -3.61. The number of carbonyl (C=O) groups is 1. The van der Waals surface area contributed by atoms with Gasteiger partial charge in [0.2, 0.25) is 11.8 Å². The van der Waals surface area contributed by atoms with E-state index in [1.807, 2.05) is 55.0 Å². The van der Waals surface area contributed by atoms with Crippen LogP contribution in [0.1, 0.15) is 86.2 Å². The van der Waals surface area contributed by atoms with E-state index in [0.717, 1.165) is 71.4 Å². The Hall–Kier alpha value is -3.35. The number of piperazine rings is 1. The molecule has 2 fully saturated rings. The summed E-state index contributed by atoms with van der Waals surface area (Å²) in [5, 5.41) is 15.0. The van der Waals surface area contributed by atoms with Crippen LogP contribution in [0.25, 0.3) is 0 Å². The van der Waals surface area contributed by atoms with Gasteiger partial charge in [-0.25, -0.2) is 8.78 Å². The zero-order chi connectivity index (χ0) is 35.7. The molecule has 0 radical (unpaired) electrons. The van der Waals surface area contributed by atoms with Gasteiger partial charge in [0.05, 0.1) is 11.7 Å². The molecule has 1 saturated carbocycles. The lowest BCUT2D eigenvalue weighted by Gasteiger charge is -2.46. The molecule has 1 amide bonds. The fraction of sp³-hybridized carbons (Fsp3) is 0.575. The Morgan fingerprint density at radius 1 is 1.02 bits per heavy atom. The van der Waals surface area contributed by atoms with E-state index in [-0.39, 0.29) is 50.1 Å². The van der Waals surface area contributed by atoms with Crippen LogP contribution in [-0.2, 0) is 23.5 Å². The molecule has 11 heteroatoms. The van der Waals surface area contributed by atoms with Crippen molar-refractivity contribution in [3.8, 4) is 0 Å². The minimum Gasteiger partial charge on any atom is -0.367 e. The van der Waals surface area contributed by atoms with Gasteiger partial charge in [-0.2, -0.15) is 0 Å². The molecule has 1 saturated heterocycles. The maximum atomic E-state index is 13.9. The number of nitrogens with two attached hydrogens (primary N) is 1. The Kier molecular flexibility index (Phi) is 12.8. The number of amides is 1. The van der Waals surface area contributed by atoms with Gasteiger partial charge in [-0.1, -0.05) is 36.4 Å². The fourth-order valence-corrected chi connectivity index (χ4v) is 8.23. The summed E-state index contributed by atoms with van der Waals surface area (Å²) in [4.78, 5) is 30.2. The number of pyridine rings is 2. The molecule has 3 atom stereocenters. The number of aromatic nitrogens is 2. The van der Waals surface area contributed by atoms with Crippen LogP contribution >= 0.6 is 0 Å². The number of rotatable bonds is 15. The predicted octanol–water partition coefficient (Wildman–Crippen LogP) is 5.26. The van der Waals surface area contributed by atoms with E-state index in [1.54, 1.807) is 0 Å². The van der Waals surface area contributed by atoms with Gasteiger partial charge in [0.25, 0.3) is 0 Å². The molecule has 3 aromatic rings. The molecule has 6 rings (SSSR count). The summed E-state index contributed by atoms with van der Waals surface area (Å²) < 4.78 is 27.8. The highest BCUT2D eigenvalue weighted by Crippen LogP contribution is 2.37. The third kappa shape index (κ3) is 9.96. The molecule has 1 aliphatic heterocycles. The summed E-state index contributed by atoms with van der Waals surface area (Å²) in [7, 11) is 0. The summed E-state index contributed by atoms with van der Waals surface area (Å²) in [5.41, 5.74) is 8.71. The molecular weight excluding hydrogens is 648 g/mol. The van der Waals surface area contributed by atoms with Gasteiger partial charge in [-0.15, -0.1) is 0 Å². The summed E-state index contributed by atoms with van der Waals surface area (Å²) in [6.07, 6.45) is 10.8. The predicted molar refractivity (Wildman–Crippen MR) is 195 cm³/mol. The van der Waals surface area contributed by atoms with Crippen LogP contribution in [0.5, 0.6) is 0 Å². The third-order valence-electron chi connectivity index (χ3n) is 11.2. The zero-order valence-electron chi connectivity index (χ0n) is 29.8. The minimum atomic E-state index is -2.72. The van der Waals surface area contributed by atoms with Crippen molar-refractivity contribution in [3.05, 3.63) is 95.6 Å². The molecule has 3 aliphatic rings. The molecule has 0 unspecified atom stereocenters. The Bertz CT molecular complexity index is 1520. The first kappa shape index (κ1) is 37.4. The number of nitrogens with one attached hydrogen (secondary N) is 1. The van der Waals surface area contributed by atoms with Crippen LogP contribution in [0.15, 0.2) is 73.2 Å². The Balaban J connectivity index is 1.19. The number of unbranched alkanes of at least 4 members (excludes halogenated alkanes) is 1. The molecule has 4 N–H and O–H groups in total. The SMILES string of the molecule is NCCCCN(C[C@H]1CN(CC[C@@](O)(NC(=O)C2CCC(F)(F)CC2)c2ccccc2)CCN1Cc1ccncc1)[C@H]1CCCc2cccnc21. The Morgan fingerprint density at radius 2 is 1.80 bits per heavy atom. The highest BCUT2D eigenvalue weighted by atomic mass is 19.3. The van der Waals surface area contributed by atoms with E-state index in [9.17, 15) is 18.7 Å². The first-order chi connectivity index (χ1) is 24.7. The number of halogens is 2. The van der Waals surface area contributed by atoms with Crippen molar-refractivity contribution in [2.75, 3.05) is 45.8 Å². The number of hydrogen-bond acceptors (Lipinski definition) is 8. The normalized spacial score (nSPS) is 22.7. The number of aliphatic hydroxyl groups is 1. The number of fused-ring (bicyclic) bond motifs is 1. The van der Waals surface area contributed by atoms with E-state index < -0.39 is 17.6 Å². The van der Waals surface area contributed by atoms with E-state index >= 15 is 0 Å². The van der Waals surface area contributed by atoms with Crippen LogP contribution in [0, 0.1) is 5.92 Å². The van der Waals surface area contributed by atoms with Crippen LogP contribution in [0.3, 0.4) is 0 Å². The second-order valence-electron chi connectivity index (χ2n) is 14.8. The van der Waals surface area contributed by atoms with Crippen molar-refractivity contribution in [1.29, 1.82) is 0 Å². The summed E-state index contributed by atoms with van der Waals surface area (Å²) in [6.45, 7) is 6.36. The maximum absolute atomic E-state index is 13.9. The van der Waals surface area contributed by atoms with E-state index in [2.05, 4.69) is 43.2 Å². The zero-order valence-corrected chi connectivity index (χ0v) is 29.8. The number of benzene rings is 1. The number of aryl methyl sites for hydroxylation is 1. The molecule has 1 aromatic carbocycles. The van der Waals surface area contributed by atoms with Crippen molar-refractivity contribution in [2.24, 2.45) is 11.7 Å². The second kappa shape index (κ2) is 17.4.